The van der Waals surface area contributed by atoms with Crippen LogP contribution in [-0.4, -0.2) is 44.4 Å². The van der Waals surface area contributed by atoms with Gasteiger partial charge in [-0.05, 0) is 24.3 Å². The van der Waals surface area contributed by atoms with Crippen molar-refractivity contribution < 1.29 is 14.3 Å². The molecule has 0 unspecified atom stereocenters. The number of hydrogen-bond acceptors (Lipinski definition) is 5. The van der Waals surface area contributed by atoms with E-state index in [1.165, 1.54) is 0 Å². The van der Waals surface area contributed by atoms with Gasteiger partial charge in [-0.15, -0.1) is 0 Å². The fourth-order valence-electron chi connectivity index (χ4n) is 3.14. The van der Waals surface area contributed by atoms with E-state index in [9.17, 15) is 4.79 Å². The maximum absolute atomic E-state index is 12.2. The van der Waals surface area contributed by atoms with Crippen LogP contribution in [0.15, 0.2) is 30.3 Å². The summed E-state index contributed by atoms with van der Waals surface area (Å²) in [4.78, 5) is 12.2. The van der Waals surface area contributed by atoms with Crippen molar-refractivity contribution in [2.45, 2.75) is 38.0 Å². The summed E-state index contributed by atoms with van der Waals surface area (Å²) in [7, 11) is 0. The first kappa shape index (κ1) is 17.4. The number of amides is 1. The van der Waals surface area contributed by atoms with Crippen molar-refractivity contribution in [2.75, 3.05) is 26.3 Å². The van der Waals surface area contributed by atoms with E-state index >= 15 is 0 Å². The van der Waals surface area contributed by atoms with Gasteiger partial charge >= 0.3 is 0 Å². The second kappa shape index (κ2) is 9.13. The van der Waals surface area contributed by atoms with Gasteiger partial charge in [-0.3, -0.25) is 15.6 Å². The minimum absolute atomic E-state index is 0.0368. The van der Waals surface area contributed by atoms with Crippen LogP contribution in [0.25, 0.3) is 0 Å². The van der Waals surface area contributed by atoms with Crippen molar-refractivity contribution in [1.29, 1.82) is 0 Å². The fourth-order valence-corrected chi connectivity index (χ4v) is 3.14. The maximum atomic E-state index is 12.2. The number of carbonyl (C=O) groups excluding carboxylic acids is 1. The molecule has 1 aromatic rings. The molecule has 0 saturated carbocycles. The van der Waals surface area contributed by atoms with Gasteiger partial charge in [-0.1, -0.05) is 30.3 Å². The van der Waals surface area contributed by atoms with Gasteiger partial charge in [0, 0.05) is 26.1 Å². The molecule has 24 heavy (non-hydrogen) atoms. The lowest BCUT2D eigenvalue weighted by atomic mass is 10.0. The normalized spacial score (nSPS) is 24.8. The molecule has 2 aliphatic heterocycles. The summed E-state index contributed by atoms with van der Waals surface area (Å²) in [5.74, 6) is 0.651. The van der Waals surface area contributed by atoms with Gasteiger partial charge in [0.1, 0.15) is 6.10 Å². The van der Waals surface area contributed by atoms with Crippen LogP contribution < -0.4 is 16.2 Å². The Morgan fingerprint density at radius 1 is 1.25 bits per heavy atom. The molecule has 1 aromatic carbocycles. The number of nitrogens with one attached hydrogen (secondary N) is 3. The van der Waals surface area contributed by atoms with Gasteiger partial charge in [-0.25, -0.2) is 0 Å². The zero-order valence-electron chi connectivity index (χ0n) is 14.0. The molecule has 2 heterocycles. The molecule has 6 nitrogen and oxygen atoms in total. The molecule has 0 bridgehead atoms. The first-order chi connectivity index (χ1) is 11.8. The third kappa shape index (κ3) is 5.27. The predicted octanol–water partition coefficient (Wildman–Crippen LogP) is 0.981. The lowest BCUT2D eigenvalue weighted by Crippen LogP contribution is -2.50. The molecule has 0 aromatic heterocycles. The minimum atomic E-state index is -0.0854. The topological polar surface area (TPSA) is 71.6 Å². The number of rotatable bonds is 7. The molecule has 2 atom stereocenters. The van der Waals surface area contributed by atoms with Gasteiger partial charge in [0.15, 0.2) is 0 Å². The molecular formula is C18H27N3O3. The zero-order valence-corrected chi connectivity index (χ0v) is 14.0. The molecule has 1 amide bonds. The van der Waals surface area contributed by atoms with Crippen LogP contribution in [0.5, 0.6) is 0 Å². The van der Waals surface area contributed by atoms with Crippen LogP contribution in [0.3, 0.4) is 0 Å². The summed E-state index contributed by atoms with van der Waals surface area (Å²) in [6, 6.07) is 10.1. The highest BCUT2D eigenvalue weighted by Gasteiger charge is 2.28. The van der Waals surface area contributed by atoms with E-state index in [1.54, 1.807) is 0 Å². The van der Waals surface area contributed by atoms with Crippen LogP contribution in [0.4, 0.5) is 0 Å². The van der Waals surface area contributed by atoms with Crippen molar-refractivity contribution in [3.8, 4) is 0 Å². The molecule has 0 spiro atoms. The third-order valence-corrected chi connectivity index (χ3v) is 4.64. The largest absolute Gasteiger partial charge is 0.379 e. The molecule has 2 aliphatic rings. The Bertz CT molecular complexity index is 505. The standard InChI is InChI=1S/C18H27N3O3/c22-18(7-6-15-10-19-20-11-15)21-16-8-9-23-13-17(16)24-12-14-4-2-1-3-5-14/h1-5,15-17,19-20H,6-13H2,(H,21,22)/t16-,17-/m1/s1. The number of ether oxygens (including phenoxy) is 2. The van der Waals surface area contributed by atoms with E-state index < -0.39 is 0 Å². The Kier molecular flexibility index (Phi) is 6.60. The van der Waals surface area contributed by atoms with Gasteiger partial charge in [0.2, 0.25) is 5.91 Å². The SMILES string of the molecule is O=C(CCC1CNNC1)N[C@@H]1CCOC[C@H]1OCc1ccccc1. The first-order valence-corrected chi connectivity index (χ1v) is 8.79. The first-order valence-electron chi connectivity index (χ1n) is 8.79. The zero-order chi connectivity index (χ0) is 16.6. The van der Waals surface area contributed by atoms with Crippen LogP contribution in [0.1, 0.15) is 24.8 Å². The lowest BCUT2D eigenvalue weighted by molar-refractivity contribution is -0.126. The predicted molar refractivity (Wildman–Crippen MR) is 91.1 cm³/mol. The van der Waals surface area contributed by atoms with Gasteiger partial charge in [-0.2, -0.15) is 0 Å². The Hall–Kier alpha value is -1.47. The van der Waals surface area contributed by atoms with E-state index in [1.807, 2.05) is 30.3 Å². The number of hydrazine groups is 1. The summed E-state index contributed by atoms with van der Waals surface area (Å²) < 4.78 is 11.5. The Morgan fingerprint density at radius 3 is 2.83 bits per heavy atom. The highest BCUT2D eigenvalue weighted by atomic mass is 16.5. The number of hydrogen-bond donors (Lipinski definition) is 3. The van der Waals surface area contributed by atoms with E-state index in [-0.39, 0.29) is 18.1 Å². The van der Waals surface area contributed by atoms with Crippen molar-refractivity contribution in [1.82, 2.24) is 16.2 Å². The molecule has 132 valence electrons. The Morgan fingerprint density at radius 2 is 2.04 bits per heavy atom. The van der Waals surface area contributed by atoms with E-state index in [2.05, 4.69) is 16.2 Å². The van der Waals surface area contributed by atoms with Crippen molar-refractivity contribution in [2.24, 2.45) is 5.92 Å². The fraction of sp³-hybridized carbons (Fsp3) is 0.611. The molecule has 0 radical (unpaired) electrons. The molecule has 2 saturated heterocycles. The molecular weight excluding hydrogens is 306 g/mol. The van der Waals surface area contributed by atoms with Crippen LogP contribution >= 0.6 is 0 Å². The molecule has 3 N–H and O–H groups in total. The number of benzene rings is 1. The second-order valence-corrected chi connectivity index (χ2v) is 6.54. The molecule has 0 aliphatic carbocycles. The molecule has 6 heteroatoms. The minimum Gasteiger partial charge on any atom is -0.379 e. The van der Waals surface area contributed by atoms with Crippen molar-refractivity contribution in [3.63, 3.8) is 0 Å². The van der Waals surface area contributed by atoms with Crippen molar-refractivity contribution >= 4 is 5.91 Å². The van der Waals surface area contributed by atoms with E-state index in [4.69, 9.17) is 9.47 Å². The Labute approximate surface area is 143 Å². The lowest BCUT2D eigenvalue weighted by Gasteiger charge is -2.32. The third-order valence-electron chi connectivity index (χ3n) is 4.64. The highest BCUT2D eigenvalue weighted by Crippen LogP contribution is 2.15. The average molecular weight is 333 g/mol. The summed E-state index contributed by atoms with van der Waals surface area (Å²) in [5, 5.41) is 3.14. The van der Waals surface area contributed by atoms with Crippen LogP contribution in [0, 0.1) is 5.92 Å². The van der Waals surface area contributed by atoms with Crippen LogP contribution in [0.2, 0.25) is 0 Å². The second-order valence-electron chi connectivity index (χ2n) is 6.54. The monoisotopic (exact) mass is 333 g/mol. The maximum Gasteiger partial charge on any atom is 0.220 e. The van der Waals surface area contributed by atoms with Crippen molar-refractivity contribution in [3.05, 3.63) is 35.9 Å². The number of carbonyl (C=O) groups is 1. The summed E-state index contributed by atoms with van der Waals surface area (Å²) in [6.45, 7) is 3.63. The average Bonchev–Trinajstić information content (AvgIpc) is 3.14. The van der Waals surface area contributed by atoms with Gasteiger partial charge < -0.3 is 14.8 Å². The highest BCUT2D eigenvalue weighted by molar-refractivity contribution is 5.76. The van der Waals surface area contributed by atoms with E-state index in [0.717, 1.165) is 31.5 Å². The van der Waals surface area contributed by atoms with E-state index in [0.29, 0.717) is 32.2 Å². The van der Waals surface area contributed by atoms with Crippen LogP contribution in [-0.2, 0) is 20.9 Å². The molecule has 3 rings (SSSR count). The smallest absolute Gasteiger partial charge is 0.220 e. The van der Waals surface area contributed by atoms with Gasteiger partial charge in [0.25, 0.3) is 0 Å². The van der Waals surface area contributed by atoms with Gasteiger partial charge in [0.05, 0.1) is 19.3 Å². The summed E-state index contributed by atoms with van der Waals surface area (Å²) >= 11 is 0. The summed E-state index contributed by atoms with van der Waals surface area (Å²) in [5.41, 5.74) is 7.33. The molecule has 2 fully saturated rings. The summed E-state index contributed by atoms with van der Waals surface area (Å²) in [6.07, 6.45) is 2.19. The quantitative estimate of drug-likeness (QED) is 0.694. The Balaban J connectivity index is 1.43.